The minimum atomic E-state index is -0.515. The van der Waals surface area contributed by atoms with Crippen LogP contribution in [-0.4, -0.2) is 42.4 Å². The Morgan fingerprint density at radius 3 is 2.24 bits per heavy atom. The number of nitrogens with zero attached hydrogens (tertiary/aromatic N) is 2. The maximum absolute atomic E-state index is 12.0. The fourth-order valence-electron chi connectivity index (χ4n) is 1.63. The Hall–Kier alpha value is -1.52. The fraction of sp³-hybridized carbons (Fsp3) is 0.438. The molecule has 1 rings (SSSR count). The lowest BCUT2D eigenvalue weighted by atomic mass is 10.1. The second-order valence-electron chi connectivity index (χ2n) is 5.93. The molecule has 0 heterocycles. The lowest BCUT2D eigenvalue weighted by Crippen LogP contribution is -2.44. The number of benzene rings is 1. The van der Waals surface area contributed by atoms with E-state index in [1.54, 1.807) is 12.1 Å². The van der Waals surface area contributed by atoms with Crippen LogP contribution in [0.25, 0.3) is 5.57 Å². The van der Waals surface area contributed by atoms with Gasteiger partial charge in [-0.05, 0) is 44.0 Å². The lowest BCUT2D eigenvalue weighted by Gasteiger charge is -2.31. The van der Waals surface area contributed by atoms with E-state index in [1.165, 1.54) is 5.01 Å². The Bertz CT molecular complexity index is 506. The molecule has 0 unspecified atom stereocenters. The summed E-state index contributed by atoms with van der Waals surface area (Å²) in [5.74, 6) is 0. The van der Waals surface area contributed by atoms with Crippen LogP contribution in [-0.2, 0) is 4.74 Å². The molecule has 0 radical (unpaired) electrons. The molecule has 0 bridgehead atoms. The summed E-state index contributed by atoms with van der Waals surface area (Å²) < 4.78 is 5.32. The smallest absolute Gasteiger partial charge is 0.424 e. The van der Waals surface area contributed by atoms with E-state index < -0.39 is 11.7 Å². The average molecular weight is 311 g/mol. The summed E-state index contributed by atoms with van der Waals surface area (Å²) in [6, 6.07) is 7.46. The SMILES string of the molecule is C=C(CN(C)N(C)C(=O)OC(C)(C)C)c1ccc(Cl)cc1. The van der Waals surface area contributed by atoms with Crippen LogP contribution in [0.4, 0.5) is 4.79 Å². The second-order valence-corrected chi connectivity index (χ2v) is 6.37. The Morgan fingerprint density at radius 2 is 1.76 bits per heavy atom. The highest BCUT2D eigenvalue weighted by atomic mass is 35.5. The zero-order valence-electron chi connectivity index (χ0n) is 13.3. The van der Waals surface area contributed by atoms with Crippen molar-refractivity contribution >= 4 is 23.3 Å². The summed E-state index contributed by atoms with van der Waals surface area (Å²) in [5.41, 5.74) is 1.37. The van der Waals surface area contributed by atoms with Crippen molar-refractivity contribution in [2.45, 2.75) is 26.4 Å². The molecule has 0 aliphatic carbocycles. The zero-order valence-corrected chi connectivity index (χ0v) is 14.1. The van der Waals surface area contributed by atoms with Gasteiger partial charge in [-0.15, -0.1) is 0 Å². The number of likely N-dealkylation sites (N-methyl/N-ethyl adjacent to an activating group) is 1. The van der Waals surface area contributed by atoms with Crippen LogP contribution in [0.5, 0.6) is 0 Å². The monoisotopic (exact) mass is 310 g/mol. The first-order chi connectivity index (χ1) is 9.60. The zero-order chi connectivity index (χ0) is 16.2. The van der Waals surface area contributed by atoms with Crippen molar-refractivity contribution in [2.75, 3.05) is 20.6 Å². The molecule has 0 N–H and O–H groups in total. The normalized spacial score (nSPS) is 11.4. The summed E-state index contributed by atoms with van der Waals surface area (Å²) in [7, 11) is 3.48. The molecule has 4 nitrogen and oxygen atoms in total. The summed E-state index contributed by atoms with van der Waals surface area (Å²) in [4.78, 5) is 12.0. The van der Waals surface area contributed by atoms with Gasteiger partial charge in [-0.2, -0.15) is 0 Å². The number of rotatable bonds is 4. The van der Waals surface area contributed by atoms with Gasteiger partial charge in [0.1, 0.15) is 5.60 Å². The van der Waals surface area contributed by atoms with E-state index in [1.807, 2.05) is 52.1 Å². The Morgan fingerprint density at radius 1 is 1.24 bits per heavy atom. The van der Waals surface area contributed by atoms with E-state index in [0.717, 1.165) is 11.1 Å². The number of amides is 1. The van der Waals surface area contributed by atoms with Gasteiger partial charge in [0.2, 0.25) is 0 Å². The van der Waals surface area contributed by atoms with E-state index in [4.69, 9.17) is 16.3 Å². The van der Waals surface area contributed by atoms with E-state index in [2.05, 4.69) is 6.58 Å². The van der Waals surface area contributed by atoms with Crippen molar-refractivity contribution in [3.63, 3.8) is 0 Å². The van der Waals surface area contributed by atoms with Crippen LogP contribution < -0.4 is 0 Å². The molecule has 116 valence electrons. The molecule has 1 aromatic rings. The van der Waals surface area contributed by atoms with Crippen molar-refractivity contribution < 1.29 is 9.53 Å². The topological polar surface area (TPSA) is 32.8 Å². The molecule has 0 saturated carbocycles. The van der Waals surface area contributed by atoms with Crippen molar-refractivity contribution in [1.82, 2.24) is 10.0 Å². The third kappa shape index (κ3) is 5.78. The lowest BCUT2D eigenvalue weighted by molar-refractivity contribution is -0.0208. The number of ether oxygens (including phenoxy) is 1. The summed E-state index contributed by atoms with van der Waals surface area (Å²) in [5, 5.41) is 3.88. The predicted octanol–water partition coefficient (Wildman–Crippen LogP) is 4.07. The number of hydrogen-bond acceptors (Lipinski definition) is 3. The van der Waals surface area contributed by atoms with Crippen molar-refractivity contribution in [3.8, 4) is 0 Å². The molecule has 21 heavy (non-hydrogen) atoms. The number of hydrazine groups is 1. The third-order valence-electron chi connectivity index (χ3n) is 2.84. The molecule has 0 aliphatic rings. The highest BCUT2D eigenvalue weighted by Gasteiger charge is 2.22. The molecule has 1 amide bonds. The minimum Gasteiger partial charge on any atom is -0.443 e. The molecule has 0 spiro atoms. The van der Waals surface area contributed by atoms with Crippen molar-refractivity contribution in [3.05, 3.63) is 41.4 Å². The maximum atomic E-state index is 12.0. The number of halogens is 1. The van der Waals surface area contributed by atoms with E-state index in [0.29, 0.717) is 11.6 Å². The highest BCUT2D eigenvalue weighted by Crippen LogP contribution is 2.18. The van der Waals surface area contributed by atoms with Gasteiger partial charge in [0.25, 0.3) is 0 Å². The number of hydrogen-bond donors (Lipinski definition) is 0. The maximum Gasteiger partial charge on any atom is 0.424 e. The predicted molar refractivity (Wildman–Crippen MR) is 87.1 cm³/mol. The highest BCUT2D eigenvalue weighted by molar-refractivity contribution is 6.30. The molecule has 0 aliphatic heterocycles. The van der Waals surface area contributed by atoms with Crippen LogP contribution in [0.15, 0.2) is 30.8 Å². The molecule has 0 aromatic heterocycles. The standard InChI is InChI=1S/C16H23ClN2O2/c1-12(13-7-9-14(17)10-8-13)11-18(5)19(6)15(20)21-16(2,3)4/h7-10H,1,11H2,2-6H3. The fourth-order valence-corrected chi connectivity index (χ4v) is 1.75. The van der Waals surface area contributed by atoms with Crippen molar-refractivity contribution in [2.24, 2.45) is 0 Å². The van der Waals surface area contributed by atoms with Gasteiger partial charge in [0, 0.05) is 25.7 Å². The van der Waals surface area contributed by atoms with Crippen molar-refractivity contribution in [1.29, 1.82) is 0 Å². The Labute approximate surface area is 131 Å². The van der Waals surface area contributed by atoms with Gasteiger partial charge in [0.15, 0.2) is 0 Å². The van der Waals surface area contributed by atoms with E-state index in [9.17, 15) is 4.79 Å². The van der Waals surface area contributed by atoms with Crippen LogP contribution in [0, 0.1) is 0 Å². The van der Waals surface area contributed by atoms with E-state index in [-0.39, 0.29) is 0 Å². The first-order valence-corrected chi connectivity index (χ1v) is 7.09. The van der Waals surface area contributed by atoms with Crippen LogP contribution in [0.1, 0.15) is 26.3 Å². The van der Waals surface area contributed by atoms with Crippen LogP contribution in [0.3, 0.4) is 0 Å². The molecule has 5 heteroatoms. The number of carbonyl (C=O) groups is 1. The van der Waals surface area contributed by atoms with Gasteiger partial charge in [-0.3, -0.25) is 0 Å². The van der Waals surface area contributed by atoms with Gasteiger partial charge < -0.3 is 4.74 Å². The molecule has 0 atom stereocenters. The first-order valence-electron chi connectivity index (χ1n) is 6.71. The Kier molecular flexibility index (Phi) is 5.81. The van der Waals surface area contributed by atoms with Crippen LogP contribution in [0.2, 0.25) is 5.02 Å². The van der Waals surface area contributed by atoms with E-state index >= 15 is 0 Å². The van der Waals surface area contributed by atoms with Gasteiger partial charge in [-0.25, -0.2) is 14.8 Å². The second kappa shape index (κ2) is 6.96. The molecule has 0 saturated heterocycles. The number of carbonyl (C=O) groups excluding carboxylic acids is 1. The van der Waals surface area contributed by atoms with Crippen LogP contribution >= 0.6 is 11.6 Å². The summed E-state index contributed by atoms with van der Waals surface area (Å²) >= 11 is 5.87. The van der Waals surface area contributed by atoms with Gasteiger partial charge in [-0.1, -0.05) is 30.3 Å². The molecule has 1 aromatic carbocycles. The Balaban J connectivity index is 2.63. The van der Waals surface area contributed by atoms with Gasteiger partial charge >= 0.3 is 6.09 Å². The summed E-state index contributed by atoms with van der Waals surface area (Å²) in [6.07, 6.45) is -0.395. The largest absolute Gasteiger partial charge is 0.443 e. The molecule has 0 fully saturated rings. The summed E-state index contributed by atoms with van der Waals surface area (Å²) in [6.45, 7) is 10.1. The average Bonchev–Trinajstić information content (AvgIpc) is 2.36. The molecular formula is C16H23ClN2O2. The van der Waals surface area contributed by atoms with Gasteiger partial charge in [0.05, 0.1) is 0 Å². The quantitative estimate of drug-likeness (QED) is 0.786. The minimum absolute atomic E-state index is 0.395. The first kappa shape index (κ1) is 17.5. The third-order valence-corrected chi connectivity index (χ3v) is 3.09. The molecular weight excluding hydrogens is 288 g/mol.